The second-order valence-corrected chi connectivity index (χ2v) is 10.1. The van der Waals surface area contributed by atoms with Gasteiger partial charge in [0.1, 0.15) is 11.2 Å². The van der Waals surface area contributed by atoms with E-state index in [1.165, 1.54) is 0 Å². The molecule has 2 N–H and O–H groups in total. The number of furan rings is 1. The monoisotopic (exact) mass is 531 g/mol. The zero-order valence-electron chi connectivity index (χ0n) is 22.3. The Morgan fingerprint density at radius 3 is 2.15 bits per heavy atom. The fraction of sp³-hybridized carbons (Fsp3) is 0. The molecule has 4 nitrogen and oxygen atoms in total. The molecule has 0 amide bonds. The van der Waals surface area contributed by atoms with Gasteiger partial charge in [-0.1, -0.05) is 98.1 Å². The Kier molecular flexibility index (Phi) is 5.97. The summed E-state index contributed by atoms with van der Waals surface area (Å²) in [5.41, 5.74) is 8.88. The normalized spacial score (nSPS) is 12.0. The van der Waals surface area contributed by atoms with E-state index >= 15 is 0 Å². The summed E-state index contributed by atoms with van der Waals surface area (Å²) in [7, 11) is -1.62. The smallest absolute Gasteiger partial charge is 0.456 e. The quantitative estimate of drug-likeness (QED) is 0.170. The molecule has 0 aliphatic carbocycles. The van der Waals surface area contributed by atoms with Crippen LogP contribution in [0.5, 0.6) is 0 Å². The molecule has 5 heteroatoms. The number of para-hydroxylation sites is 3. The molecule has 5 aromatic carbocycles. The van der Waals surface area contributed by atoms with E-state index < -0.39 is 7.12 Å². The number of fused-ring (bicyclic) bond motifs is 6. The molecule has 0 aliphatic heterocycles. The van der Waals surface area contributed by atoms with E-state index in [2.05, 4.69) is 78.4 Å². The fourth-order valence-corrected chi connectivity index (χ4v) is 5.91. The third-order valence-electron chi connectivity index (χ3n) is 7.77. The minimum atomic E-state index is -1.62. The molecule has 0 bridgehead atoms. The van der Waals surface area contributed by atoms with Crippen molar-refractivity contribution in [1.82, 2.24) is 4.57 Å². The summed E-state index contributed by atoms with van der Waals surface area (Å²) >= 11 is 0. The number of allylic oxidation sites excluding steroid dienone is 4. The molecule has 7 aromatic rings. The molecule has 0 radical (unpaired) electrons. The molecule has 0 saturated heterocycles. The highest BCUT2D eigenvalue weighted by Gasteiger charge is 2.21. The van der Waals surface area contributed by atoms with Crippen molar-refractivity contribution < 1.29 is 14.5 Å². The van der Waals surface area contributed by atoms with E-state index in [0.29, 0.717) is 16.6 Å². The Hall–Kier alpha value is -5.10. The first-order valence-corrected chi connectivity index (χ1v) is 13.5. The average Bonchev–Trinajstić information content (AvgIpc) is 3.55. The second-order valence-electron chi connectivity index (χ2n) is 10.1. The van der Waals surface area contributed by atoms with Gasteiger partial charge in [0.15, 0.2) is 0 Å². The lowest BCUT2D eigenvalue weighted by atomic mass is 9.79. The first-order chi connectivity index (χ1) is 20.1. The molecule has 0 aliphatic rings. The van der Waals surface area contributed by atoms with Gasteiger partial charge in [-0.3, -0.25) is 0 Å². The van der Waals surface area contributed by atoms with Crippen LogP contribution in [0.1, 0.15) is 5.56 Å². The van der Waals surface area contributed by atoms with Gasteiger partial charge in [0.2, 0.25) is 0 Å². The van der Waals surface area contributed by atoms with Gasteiger partial charge in [-0.25, -0.2) is 0 Å². The Balaban J connectivity index is 1.52. The second kappa shape index (κ2) is 9.83. The molecule has 0 fully saturated rings. The van der Waals surface area contributed by atoms with Gasteiger partial charge in [-0.15, -0.1) is 0 Å². The third kappa shape index (κ3) is 3.94. The van der Waals surface area contributed by atoms with Crippen molar-refractivity contribution in [3.8, 4) is 16.8 Å². The van der Waals surface area contributed by atoms with E-state index in [0.717, 1.165) is 60.5 Å². The van der Waals surface area contributed by atoms with Crippen LogP contribution in [0, 0.1) is 0 Å². The van der Waals surface area contributed by atoms with E-state index in [9.17, 15) is 10.0 Å². The molecule has 2 aromatic heterocycles. The highest BCUT2D eigenvalue weighted by Crippen LogP contribution is 2.39. The lowest BCUT2D eigenvalue weighted by molar-refractivity contribution is 0.425. The summed E-state index contributed by atoms with van der Waals surface area (Å²) < 4.78 is 8.63. The minimum absolute atomic E-state index is 0.351. The van der Waals surface area contributed by atoms with Crippen LogP contribution < -0.4 is 5.46 Å². The van der Waals surface area contributed by atoms with Crippen LogP contribution in [0.2, 0.25) is 0 Å². The van der Waals surface area contributed by atoms with Crippen molar-refractivity contribution in [2.24, 2.45) is 0 Å². The summed E-state index contributed by atoms with van der Waals surface area (Å²) in [6.07, 6.45) is 5.60. The number of rotatable bonds is 6. The molecule has 0 saturated carbocycles. The first kappa shape index (κ1) is 24.9. The number of nitrogens with zero attached hydrogens (tertiary/aromatic N) is 1. The Labute approximate surface area is 237 Å². The zero-order valence-corrected chi connectivity index (χ0v) is 22.3. The Bertz CT molecular complexity index is 2170. The predicted octanol–water partition coefficient (Wildman–Crippen LogP) is 7.79. The highest BCUT2D eigenvalue weighted by molar-refractivity contribution is 6.61. The van der Waals surface area contributed by atoms with Crippen molar-refractivity contribution in [3.63, 3.8) is 0 Å². The maximum absolute atomic E-state index is 9.94. The topological polar surface area (TPSA) is 58.5 Å². The molecule has 0 spiro atoms. The van der Waals surface area contributed by atoms with Crippen molar-refractivity contribution >= 4 is 61.9 Å². The summed E-state index contributed by atoms with van der Waals surface area (Å²) in [5.74, 6) is 0. The molecule has 2 heterocycles. The summed E-state index contributed by atoms with van der Waals surface area (Å²) in [5, 5.41) is 23.9. The van der Waals surface area contributed by atoms with Crippen LogP contribution in [0.25, 0.3) is 66.1 Å². The van der Waals surface area contributed by atoms with Crippen LogP contribution in [0.15, 0.2) is 139 Å². The van der Waals surface area contributed by atoms with Gasteiger partial charge in [0, 0.05) is 38.3 Å². The van der Waals surface area contributed by atoms with Gasteiger partial charge in [-0.05, 0) is 53.1 Å². The van der Waals surface area contributed by atoms with Gasteiger partial charge in [-0.2, -0.15) is 0 Å². The number of benzene rings is 5. The van der Waals surface area contributed by atoms with Crippen molar-refractivity contribution in [1.29, 1.82) is 0 Å². The number of hydrogen-bond acceptors (Lipinski definition) is 3. The van der Waals surface area contributed by atoms with E-state index in [1.54, 1.807) is 12.1 Å². The van der Waals surface area contributed by atoms with Crippen LogP contribution in [0.3, 0.4) is 0 Å². The molecule has 196 valence electrons. The molecular formula is C36H26BNO3. The summed E-state index contributed by atoms with van der Waals surface area (Å²) in [6.45, 7) is 7.87. The molecular weight excluding hydrogens is 505 g/mol. The maximum atomic E-state index is 9.94. The average molecular weight is 531 g/mol. The van der Waals surface area contributed by atoms with Gasteiger partial charge in [0.05, 0.1) is 11.0 Å². The molecule has 0 unspecified atom stereocenters. The standard InChI is InChI=1S/C36H26BNO3/c1-3-10-23(4-2)24-17-19-33-30(21-24)31-22-25(18-20-34(31)38(33)26-11-6-5-7-12-26)27-13-8-14-28-29-15-9-16-32(37(39)40)36(29)41-35(27)28/h3-22,39-40H,1-2H2. The van der Waals surface area contributed by atoms with Crippen LogP contribution in [-0.4, -0.2) is 21.7 Å². The van der Waals surface area contributed by atoms with Gasteiger partial charge in [0.25, 0.3) is 0 Å². The van der Waals surface area contributed by atoms with E-state index in [4.69, 9.17) is 4.42 Å². The summed E-state index contributed by atoms with van der Waals surface area (Å²) in [4.78, 5) is 0. The van der Waals surface area contributed by atoms with Crippen LogP contribution >= 0.6 is 0 Å². The SMILES string of the molecule is C=CC=C(C=C)c1ccc2c(c1)c1cc(-c3cccc4c3oc3c(B(O)O)cccc34)ccc1n2-c1ccccc1. The van der Waals surface area contributed by atoms with Gasteiger partial charge < -0.3 is 19.0 Å². The Morgan fingerprint density at radius 1 is 0.707 bits per heavy atom. The van der Waals surface area contributed by atoms with Crippen LogP contribution in [-0.2, 0) is 0 Å². The fourth-order valence-electron chi connectivity index (χ4n) is 5.91. The largest absolute Gasteiger partial charge is 0.492 e. The maximum Gasteiger partial charge on any atom is 0.492 e. The lowest BCUT2D eigenvalue weighted by Crippen LogP contribution is -2.29. The van der Waals surface area contributed by atoms with Crippen molar-refractivity contribution in [3.05, 3.63) is 140 Å². The van der Waals surface area contributed by atoms with Crippen molar-refractivity contribution in [2.75, 3.05) is 0 Å². The predicted molar refractivity (Wildman–Crippen MR) is 172 cm³/mol. The van der Waals surface area contributed by atoms with Crippen LogP contribution in [0.4, 0.5) is 0 Å². The van der Waals surface area contributed by atoms with E-state index in [1.807, 2.05) is 48.6 Å². The molecule has 41 heavy (non-hydrogen) atoms. The first-order valence-electron chi connectivity index (χ1n) is 13.5. The minimum Gasteiger partial charge on any atom is -0.456 e. The van der Waals surface area contributed by atoms with Crippen molar-refractivity contribution in [2.45, 2.75) is 0 Å². The molecule has 0 atom stereocenters. The highest BCUT2D eigenvalue weighted by atomic mass is 16.4. The number of hydrogen-bond donors (Lipinski definition) is 2. The Morgan fingerprint density at radius 2 is 1.41 bits per heavy atom. The zero-order chi connectivity index (χ0) is 28.1. The number of aromatic nitrogens is 1. The van der Waals surface area contributed by atoms with E-state index in [-0.39, 0.29) is 0 Å². The third-order valence-corrected chi connectivity index (χ3v) is 7.77. The lowest BCUT2D eigenvalue weighted by Gasteiger charge is -2.08. The van der Waals surface area contributed by atoms with Gasteiger partial charge >= 0.3 is 7.12 Å². The molecule has 7 rings (SSSR count). The summed E-state index contributed by atoms with van der Waals surface area (Å²) in [6, 6.07) is 34.9.